The molecule has 2 rings (SSSR count). The summed E-state index contributed by atoms with van der Waals surface area (Å²) in [4.78, 5) is 11.4. The highest BCUT2D eigenvalue weighted by molar-refractivity contribution is 5.90. The van der Waals surface area contributed by atoms with E-state index in [-0.39, 0.29) is 0 Å². The Morgan fingerprint density at radius 3 is 2.37 bits per heavy atom. The zero-order valence-electron chi connectivity index (χ0n) is 11.2. The molecular formula is C17H17O2+. The van der Waals surface area contributed by atoms with Crippen molar-refractivity contribution in [2.75, 3.05) is 0 Å². The molecule has 1 N–H and O–H groups in total. The highest BCUT2D eigenvalue weighted by Crippen LogP contribution is 2.33. The average molecular weight is 253 g/mol. The minimum Gasteiger partial charge on any atom is -0.478 e. The van der Waals surface area contributed by atoms with Gasteiger partial charge in [-0.3, -0.25) is 0 Å². The number of hydrogen-bond donors (Lipinski definition) is 1. The minimum atomic E-state index is -0.912. The van der Waals surface area contributed by atoms with Crippen molar-refractivity contribution in [2.24, 2.45) is 0 Å². The third-order valence-corrected chi connectivity index (χ3v) is 3.41. The number of hydrogen-bond acceptors (Lipinski definition) is 1. The van der Waals surface area contributed by atoms with Crippen molar-refractivity contribution in [2.45, 2.75) is 19.3 Å². The van der Waals surface area contributed by atoms with Crippen LogP contribution in [0.25, 0.3) is 0 Å². The number of carboxylic acid groups (broad SMARTS) is 1. The van der Waals surface area contributed by atoms with E-state index >= 15 is 0 Å². The number of carbonyl (C=O) groups is 1. The van der Waals surface area contributed by atoms with Crippen molar-refractivity contribution in [3.8, 4) is 0 Å². The molecule has 2 aromatic carbocycles. The number of aromatic carboxylic acids is 1. The second-order valence-corrected chi connectivity index (χ2v) is 5.05. The summed E-state index contributed by atoms with van der Waals surface area (Å²) in [6.45, 7) is 8.05. The summed E-state index contributed by atoms with van der Waals surface area (Å²) in [5.74, 6) is -0.912. The van der Waals surface area contributed by atoms with Crippen LogP contribution >= 0.6 is 0 Å². The lowest BCUT2D eigenvalue weighted by molar-refractivity contribution is 0.0694. The zero-order chi connectivity index (χ0) is 14.0. The Labute approximate surface area is 113 Å². The molecule has 2 aromatic rings. The molecule has 0 aliphatic carbocycles. The van der Waals surface area contributed by atoms with Crippen LogP contribution in [0.4, 0.5) is 0 Å². The van der Waals surface area contributed by atoms with Crippen LogP contribution in [0.15, 0.2) is 48.5 Å². The SMILES string of the molecule is [CH2+]C(C)(c1ccccc1)c1ccc(C)cc1C(=O)O. The fourth-order valence-corrected chi connectivity index (χ4v) is 2.28. The Morgan fingerprint density at radius 1 is 1.16 bits per heavy atom. The van der Waals surface area contributed by atoms with Gasteiger partial charge in [-0.1, -0.05) is 48.0 Å². The summed E-state index contributed by atoms with van der Waals surface area (Å²) in [5.41, 5.74) is 2.41. The van der Waals surface area contributed by atoms with Crippen LogP contribution in [-0.4, -0.2) is 11.1 Å². The van der Waals surface area contributed by atoms with Gasteiger partial charge < -0.3 is 5.11 Å². The molecule has 0 aliphatic rings. The van der Waals surface area contributed by atoms with Gasteiger partial charge in [0.2, 0.25) is 0 Å². The second-order valence-electron chi connectivity index (χ2n) is 5.05. The Balaban J connectivity index is 2.61. The van der Waals surface area contributed by atoms with Gasteiger partial charge in [-0.2, -0.15) is 0 Å². The van der Waals surface area contributed by atoms with Gasteiger partial charge in [0.15, 0.2) is 5.41 Å². The molecule has 96 valence electrons. The van der Waals surface area contributed by atoms with E-state index in [2.05, 4.69) is 6.92 Å². The molecule has 2 heteroatoms. The Bertz CT molecular complexity index is 598. The number of aryl methyl sites for hydroxylation is 1. The van der Waals surface area contributed by atoms with Crippen molar-refractivity contribution in [1.29, 1.82) is 0 Å². The largest absolute Gasteiger partial charge is 0.478 e. The van der Waals surface area contributed by atoms with Crippen LogP contribution in [-0.2, 0) is 5.41 Å². The van der Waals surface area contributed by atoms with Crippen LogP contribution in [0.5, 0.6) is 0 Å². The van der Waals surface area contributed by atoms with E-state index in [1.807, 2.05) is 56.3 Å². The predicted octanol–water partition coefficient (Wildman–Crippen LogP) is 3.83. The van der Waals surface area contributed by atoms with E-state index in [0.29, 0.717) is 5.56 Å². The maximum atomic E-state index is 11.4. The second kappa shape index (κ2) is 4.81. The Hall–Kier alpha value is -2.22. The zero-order valence-corrected chi connectivity index (χ0v) is 11.2. The third-order valence-electron chi connectivity index (χ3n) is 3.41. The highest BCUT2D eigenvalue weighted by Gasteiger charge is 2.34. The van der Waals surface area contributed by atoms with E-state index < -0.39 is 11.4 Å². The summed E-state index contributed by atoms with van der Waals surface area (Å²) in [5, 5.41) is 9.37. The molecule has 1 atom stereocenters. The van der Waals surface area contributed by atoms with Crippen LogP contribution in [0.2, 0.25) is 0 Å². The molecule has 0 saturated heterocycles. The summed E-state index contributed by atoms with van der Waals surface area (Å²) >= 11 is 0. The summed E-state index contributed by atoms with van der Waals surface area (Å²) in [6.07, 6.45) is 0. The van der Waals surface area contributed by atoms with Crippen LogP contribution in [0, 0.1) is 13.8 Å². The fourth-order valence-electron chi connectivity index (χ4n) is 2.28. The topological polar surface area (TPSA) is 37.3 Å². The van der Waals surface area contributed by atoms with E-state index in [1.165, 1.54) is 0 Å². The fraction of sp³-hybridized carbons (Fsp3) is 0.176. The van der Waals surface area contributed by atoms with Crippen LogP contribution < -0.4 is 0 Å². The van der Waals surface area contributed by atoms with Crippen LogP contribution in [0.3, 0.4) is 0 Å². The monoisotopic (exact) mass is 253 g/mol. The summed E-state index contributed by atoms with van der Waals surface area (Å²) in [7, 11) is 0. The van der Waals surface area contributed by atoms with Crippen molar-refractivity contribution in [3.05, 3.63) is 77.7 Å². The van der Waals surface area contributed by atoms with E-state index in [0.717, 1.165) is 16.7 Å². The maximum Gasteiger partial charge on any atom is 0.336 e. The molecule has 0 saturated carbocycles. The highest BCUT2D eigenvalue weighted by atomic mass is 16.4. The van der Waals surface area contributed by atoms with E-state index in [9.17, 15) is 9.90 Å². The predicted molar refractivity (Wildman–Crippen MR) is 76.4 cm³/mol. The molecule has 0 aliphatic heterocycles. The van der Waals surface area contributed by atoms with Gasteiger partial charge >= 0.3 is 5.97 Å². The quantitative estimate of drug-likeness (QED) is 0.844. The first-order valence-corrected chi connectivity index (χ1v) is 6.18. The van der Waals surface area contributed by atoms with Gasteiger partial charge in [0.1, 0.15) is 0 Å². The number of rotatable bonds is 3. The molecule has 0 amide bonds. The lowest BCUT2D eigenvalue weighted by atomic mass is 9.76. The molecule has 0 heterocycles. The molecule has 0 radical (unpaired) electrons. The smallest absolute Gasteiger partial charge is 0.336 e. The van der Waals surface area contributed by atoms with Crippen LogP contribution in [0.1, 0.15) is 34.0 Å². The van der Waals surface area contributed by atoms with Crippen molar-refractivity contribution in [3.63, 3.8) is 0 Å². The van der Waals surface area contributed by atoms with E-state index in [1.54, 1.807) is 6.07 Å². The van der Waals surface area contributed by atoms with Gasteiger partial charge in [0.25, 0.3) is 0 Å². The molecule has 1 unspecified atom stereocenters. The Morgan fingerprint density at radius 2 is 1.79 bits per heavy atom. The lowest BCUT2D eigenvalue weighted by Crippen LogP contribution is -2.23. The first kappa shape index (κ1) is 13.2. The van der Waals surface area contributed by atoms with E-state index in [4.69, 9.17) is 0 Å². The van der Waals surface area contributed by atoms with Gasteiger partial charge in [-0.15, -0.1) is 0 Å². The van der Waals surface area contributed by atoms with Gasteiger partial charge in [0.05, 0.1) is 12.5 Å². The normalized spacial score (nSPS) is 13.8. The molecule has 2 nitrogen and oxygen atoms in total. The number of benzene rings is 2. The average Bonchev–Trinajstić information content (AvgIpc) is 2.39. The standard InChI is InChI=1S/C17H16O2/c1-12-9-10-15(14(11-12)16(18)19)17(2,3)13-7-5-4-6-8-13/h4-11H,2H2,1,3H3/p+1. The lowest BCUT2D eigenvalue weighted by Gasteiger charge is -2.21. The molecule has 19 heavy (non-hydrogen) atoms. The van der Waals surface area contributed by atoms with Crippen molar-refractivity contribution in [1.82, 2.24) is 0 Å². The summed E-state index contributed by atoms with van der Waals surface area (Å²) in [6, 6.07) is 15.2. The van der Waals surface area contributed by atoms with Gasteiger partial charge in [-0.05, 0) is 19.9 Å². The van der Waals surface area contributed by atoms with Gasteiger partial charge in [0, 0.05) is 11.1 Å². The molecule has 0 fully saturated rings. The van der Waals surface area contributed by atoms with Crippen molar-refractivity contribution >= 4 is 5.97 Å². The van der Waals surface area contributed by atoms with Crippen molar-refractivity contribution < 1.29 is 9.90 Å². The first-order chi connectivity index (χ1) is 8.93. The third kappa shape index (κ3) is 2.48. The Kier molecular flexibility index (Phi) is 3.34. The van der Waals surface area contributed by atoms with Gasteiger partial charge in [-0.25, -0.2) is 4.79 Å². The maximum absolute atomic E-state index is 11.4. The molecular weight excluding hydrogens is 236 g/mol. The minimum absolute atomic E-state index is 0.321. The molecule has 0 aromatic heterocycles. The first-order valence-electron chi connectivity index (χ1n) is 6.18. The summed E-state index contributed by atoms with van der Waals surface area (Å²) < 4.78 is 0. The number of carboxylic acids is 1. The molecule has 0 bridgehead atoms. The molecule has 0 spiro atoms.